The van der Waals surface area contributed by atoms with Crippen LogP contribution in [0.5, 0.6) is 0 Å². The number of carbonyl (C=O) groups excluding carboxylic acids is 1. The van der Waals surface area contributed by atoms with E-state index in [1.54, 1.807) is 26.5 Å². The van der Waals surface area contributed by atoms with Gasteiger partial charge in [-0.05, 0) is 17.7 Å². The first-order valence-electron chi connectivity index (χ1n) is 9.21. The van der Waals surface area contributed by atoms with Crippen molar-refractivity contribution < 1.29 is 9.18 Å². The number of aromatic nitrogens is 3. The Kier molecular flexibility index (Phi) is 10.6. The lowest BCUT2D eigenvalue weighted by atomic mass is 10.2. The van der Waals surface area contributed by atoms with Gasteiger partial charge in [-0.1, -0.05) is 19.1 Å². The number of rotatable bonds is 8. The number of halogens is 2. The van der Waals surface area contributed by atoms with E-state index in [4.69, 9.17) is 0 Å². The average molecular weight is 517 g/mol. The van der Waals surface area contributed by atoms with Crippen molar-refractivity contribution >= 4 is 35.8 Å². The van der Waals surface area contributed by atoms with Gasteiger partial charge in [0.1, 0.15) is 24.5 Å². The summed E-state index contributed by atoms with van der Waals surface area (Å²) in [7, 11) is 5.24. The number of carbonyl (C=O) groups is 1. The number of likely N-dealkylation sites (N-methyl/N-ethyl adjacent to an activating group) is 1. The largest absolute Gasteiger partial charge is 0.354 e. The molecule has 1 N–H and O–H groups in total. The van der Waals surface area contributed by atoms with Crippen molar-refractivity contribution in [1.29, 1.82) is 0 Å². The van der Waals surface area contributed by atoms with Crippen molar-refractivity contribution in [3.8, 4) is 0 Å². The smallest absolute Gasteiger partial charge is 0.243 e. The maximum absolute atomic E-state index is 13.5. The molecule has 0 spiro atoms. The van der Waals surface area contributed by atoms with Crippen LogP contribution in [0, 0.1) is 5.82 Å². The van der Waals surface area contributed by atoms with Gasteiger partial charge in [-0.3, -0.25) is 4.79 Å². The fourth-order valence-corrected chi connectivity index (χ4v) is 2.61. The Morgan fingerprint density at radius 3 is 2.72 bits per heavy atom. The van der Waals surface area contributed by atoms with Gasteiger partial charge in [-0.25, -0.2) is 9.38 Å². The number of nitrogens with zero attached hydrogens (tertiary/aromatic N) is 6. The van der Waals surface area contributed by atoms with E-state index >= 15 is 0 Å². The van der Waals surface area contributed by atoms with E-state index in [1.165, 1.54) is 17.0 Å². The number of hydrogen-bond donors (Lipinski definition) is 1. The molecule has 160 valence electrons. The second-order valence-electron chi connectivity index (χ2n) is 6.63. The van der Waals surface area contributed by atoms with Crippen molar-refractivity contribution in [3.63, 3.8) is 0 Å². The van der Waals surface area contributed by atoms with Gasteiger partial charge < -0.3 is 19.7 Å². The summed E-state index contributed by atoms with van der Waals surface area (Å²) in [4.78, 5) is 19.7. The van der Waals surface area contributed by atoms with Crippen LogP contribution in [0.2, 0.25) is 0 Å². The molecular weight excluding hydrogens is 488 g/mol. The van der Waals surface area contributed by atoms with Crippen LogP contribution in [0.4, 0.5) is 4.39 Å². The highest BCUT2D eigenvalue weighted by Gasteiger charge is 2.10. The molecule has 0 atom stereocenters. The highest BCUT2D eigenvalue weighted by atomic mass is 127. The summed E-state index contributed by atoms with van der Waals surface area (Å²) in [5, 5.41) is 11.3. The molecule has 1 aromatic heterocycles. The lowest BCUT2D eigenvalue weighted by Gasteiger charge is -2.23. The normalized spacial score (nSPS) is 11.0. The summed E-state index contributed by atoms with van der Waals surface area (Å²) >= 11 is 0. The molecule has 0 radical (unpaired) electrons. The van der Waals surface area contributed by atoms with E-state index in [1.807, 2.05) is 29.5 Å². The van der Waals surface area contributed by atoms with Crippen LogP contribution in [0.15, 0.2) is 35.6 Å². The number of nitrogens with one attached hydrogen (secondary N) is 1. The van der Waals surface area contributed by atoms with E-state index in [9.17, 15) is 9.18 Å². The summed E-state index contributed by atoms with van der Waals surface area (Å²) in [6.45, 7) is 3.79. The minimum Gasteiger partial charge on any atom is -0.354 e. The number of aliphatic imine (C=N–C) groups is 1. The molecule has 1 heterocycles. The van der Waals surface area contributed by atoms with Crippen LogP contribution in [0.1, 0.15) is 18.3 Å². The maximum atomic E-state index is 13.5. The fourth-order valence-electron chi connectivity index (χ4n) is 2.61. The predicted octanol–water partition coefficient (Wildman–Crippen LogP) is 1.76. The number of aryl methyl sites for hydroxylation is 1. The predicted molar refractivity (Wildman–Crippen MR) is 122 cm³/mol. The third-order valence-electron chi connectivity index (χ3n) is 4.18. The number of benzene rings is 1. The van der Waals surface area contributed by atoms with Crippen LogP contribution in [0.25, 0.3) is 0 Å². The van der Waals surface area contributed by atoms with E-state index in [0.717, 1.165) is 17.8 Å². The molecule has 0 aliphatic carbocycles. The van der Waals surface area contributed by atoms with Gasteiger partial charge in [0, 0.05) is 47.2 Å². The summed E-state index contributed by atoms with van der Waals surface area (Å²) in [5.74, 6) is 1.12. The Balaban J connectivity index is 0.00000420. The maximum Gasteiger partial charge on any atom is 0.243 e. The molecule has 1 amide bonds. The fraction of sp³-hybridized carbons (Fsp3) is 0.474. The summed E-state index contributed by atoms with van der Waals surface area (Å²) in [6, 6.07) is 6.43. The second kappa shape index (κ2) is 12.3. The molecule has 0 fully saturated rings. The molecule has 0 saturated carbocycles. The monoisotopic (exact) mass is 517 g/mol. The van der Waals surface area contributed by atoms with Gasteiger partial charge in [0.05, 0.1) is 0 Å². The lowest BCUT2D eigenvalue weighted by Crippen LogP contribution is -2.41. The molecule has 2 aromatic rings. The molecule has 0 unspecified atom stereocenters. The zero-order valence-electron chi connectivity index (χ0n) is 17.3. The van der Waals surface area contributed by atoms with Gasteiger partial charge in [-0.2, -0.15) is 0 Å². The van der Waals surface area contributed by atoms with Crippen LogP contribution in [-0.4, -0.2) is 70.7 Å². The quantitative estimate of drug-likeness (QED) is 0.328. The molecule has 2 rings (SSSR count). The van der Waals surface area contributed by atoms with E-state index in [0.29, 0.717) is 25.6 Å². The van der Waals surface area contributed by atoms with Gasteiger partial charge in [0.15, 0.2) is 5.96 Å². The van der Waals surface area contributed by atoms with Crippen molar-refractivity contribution in [3.05, 3.63) is 47.8 Å². The minimum absolute atomic E-state index is 0. The third-order valence-corrected chi connectivity index (χ3v) is 4.18. The molecule has 8 nitrogen and oxygen atoms in total. The summed E-state index contributed by atoms with van der Waals surface area (Å²) in [6.07, 6.45) is 2.50. The minimum atomic E-state index is -0.278. The van der Waals surface area contributed by atoms with Gasteiger partial charge in [0.25, 0.3) is 0 Å². The Morgan fingerprint density at radius 2 is 2.07 bits per heavy atom. The zero-order chi connectivity index (χ0) is 20.5. The zero-order valence-corrected chi connectivity index (χ0v) is 19.6. The van der Waals surface area contributed by atoms with Crippen molar-refractivity contribution in [1.82, 2.24) is 29.9 Å². The standard InChI is InChI=1S/C19H28FN7O.HI/c1-5-17-24-23-14-27(17)10-9-21-19(22-12-18(28)25(2)3)26(4)13-15-7-6-8-16(20)11-15;/h6-8,11,14H,5,9-10,12-13H2,1-4H3,(H,21,22);1H. The molecular formula is C19H29FIN7O. The van der Waals surface area contributed by atoms with Gasteiger partial charge in [-0.15, -0.1) is 34.2 Å². The van der Waals surface area contributed by atoms with Gasteiger partial charge in [0.2, 0.25) is 5.91 Å². The molecule has 0 saturated heterocycles. The Bertz CT molecular complexity index is 809. The first-order valence-corrected chi connectivity index (χ1v) is 9.21. The topological polar surface area (TPSA) is 78.6 Å². The lowest BCUT2D eigenvalue weighted by molar-refractivity contribution is -0.127. The van der Waals surface area contributed by atoms with E-state index in [-0.39, 0.29) is 42.2 Å². The Morgan fingerprint density at radius 1 is 1.31 bits per heavy atom. The summed E-state index contributed by atoms with van der Waals surface area (Å²) in [5.41, 5.74) is 0.822. The van der Waals surface area contributed by atoms with E-state index in [2.05, 4.69) is 20.5 Å². The molecule has 10 heteroatoms. The molecule has 29 heavy (non-hydrogen) atoms. The summed E-state index contributed by atoms with van der Waals surface area (Å²) < 4.78 is 15.4. The van der Waals surface area contributed by atoms with Crippen LogP contribution in [0.3, 0.4) is 0 Å². The first-order chi connectivity index (χ1) is 13.4. The Hall–Kier alpha value is -2.24. The molecule has 0 bridgehead atoms. The highest BCUT2D eigenvalue weighted by Crippen LogP contribution is 2.06. The molecule has 0 aliphatic heterocycles. The van der Waals surface area contributed by atoms with Crippen molar-refractivity contribution in [2.24, 2.45) is 4.99 Å². The molecule has 1 aromatic carbocycles. The van der Waals surface area contributed by atoms with E-state index < -0.39 is 0 Å². The Labute approximate surface area is 188 Å². The number of amides is 1. The van der Waals surface area contributed by atoms with Crippen LogP contribution >= 0.6 is 24.0 Å². The molecule has 0 aliphatic rings. The van der Waals surface area contributed by atoms with Crippen LogP contribution in [-0.2, 0) is 24.3 Å². The number of hydrogen-bond acceptors (Lipinski definition) is 4. The van der Waals surface area contributed by atoms with Crippen LogP contribution < -0.4 is 5.32 Å². The van der Waals surface area contributed by atoms with Crippen molar-refractivity contribution in [2.45, 2.75) is 26.4 Å². The highest BCUT2D eigenvalue weighted by molar-refractivity contribution is 14.0. The first kappa shape index (κ1) is 24.8. The van der Waals surface area contributed by atoms with Gasteiger partial charge >= 0.3 is 0 Å². The second-order valence-corrected chi connectivity index (χ2v) is 6.63. The van der Waals surface area contributed by atoms with Crippen molar-refractivity contribution in [2.75, 3.05) is 34.2 Å². The number of guanidine groups is 1. The SMILES string of the molecule is CCc1nncn1CCNC(=NCC(=O)N(C)C)N(C)Cc1cccc(F)c1.I. The average Bonchev–Trinajstić information content (AvgIpc) is 3.11. The third kappa shape index (κ3) is 7.95.